The molecule has 0 fully saturated rings. The van der Waals surface area contributed by atoms with Gasteiger partial charge in [-0.05, 0) is 64.9 Å². The molecule has 1 unspecified atom stereocenters. The number of anilines is 1. The van der Waals surface area contributed by atoms with Crippen molar-refractivity contribution >= 4 is 17.5 Å². The fourth-order valence-corrected chi connectivity index (χ4v) is 4.59. The summed E-state index contributed by atoms with van der Waals surface area (Å²) >= 11 is 0. The molecule has 39 heavy (non-hydrogen) atoms. The lowest BCUT2D eigenvalue weighted by Gasteiger charge is -2.32. The number of hydrogen-bond acceptors (Lipinski definition) is 3. The molecule has 4 aromatic carbocycles. The molecule has 2 amide bonds. The Morgan fingerprint density at radius 1 is 0.795 bits per heavy atom. The fraction of sp³-hybridized carbons (Fsp3) is 0.235. The Kier molecular flexibility index (Phi) is 9.16. The van der Waals surface area contributed by atoms with Crippen LogP contribution in [0.2, 0.25) is 0 Å². The predicted molar refractivity (Wildman–Crippen MR) is 157 cm³/mol. The first kappa shape index (κ1) is 27.6. The summed E-state index contributed by atoms with van der Waals surface area (Å²) in [6.07, 6.45) is 0.198. The van der Waals surface area contributed by atoms with Crippen molar-refractivity contribution in [2.75, 3.05) is 12.4 Å². The van der Waals surface area contributed by atoms with E-state index in [2.05, 4.69) is 19.2 Å². The number of nitrogens with one attached hydrogen (secondary N) is 1. The first-order chi connectivity index (χ1) is 18.9. The molecular weight excluding hydrogens is 484 g/mol. The van der Waals surface area contributed by atoms with Crippen LogP contribution in [0.1, 0.15) is 53.6 Å². The number of nitrogens with zero attached hydrogens (tertiary/aromatic N) is 1. The smallest absolute Gasteiger partial charge is 0.251 e. The van der Waals surface area contributed by atoms with E-state index >= 15 is 0 Å². The van der Waals surface area contributed by atoms with Gasteiger partial charge in [-0.3, -0.25) is 9.59 Å². The Hall–Kier alpha value is -4.38. The molecule has 1 atom stereocenters. The Morgan fingerprint density at radius 3 is 2.03 bits per heavy atom. The Balaban J connectivity index is 1.76. The second kappa shape index (κ2) is 12.9. The van der Waals surface area contributed by atoms with E-state index in [1.165, 1.54) is 5.56 Å². The van der Waals surface area contributed by atoms with Crippen molar-refractivity contribution in [1.82, 2.24) is 4.90 Å². The molecule has 0 bridgehead atoms. The zero-order valence-electron chi connectivity index (χ0n) is 23.1. The van der Waals surface area contributed by atoms with E-state index in [-0.39, 0.29) is 18.2 Å². The van der Waals surface area contributed by atoms with Crippen molar-refractivity contribution in [3.63, 3.8) is 0 Å². The van der Waals surface area contributed by atoms with Crippen LogP contribution in [0.4, 0.5) is 5.69 Å². The molecule has 0 aliphatic rings. The average molecular weight is 521 g/mol. The molecule has 0 spiro atoms. The molecule has 5 heteroatoms. The van der Waals surface area contributed by atoms with Crippen molar-refractivity contribution in [2.24, 2.45) is 0 Å². The topological polar surface area (TPSA) is 58.6 Å². The van der Waals surface area contributed by atoms with E-state index < -0.39 is 6.04 Å². The van der Waals surface area contributed by atoms with Gasteiger partial charge in [0.1, 0.15) is 11.8 Å². The average Bonchev–Trinajstić information content (AvgIpc) is 2.95. The highest BCUT2D eigenvalue weighted by molar-refractivity contribution is 5.98. The van der Waals surface area contributed by atoms with Crippen molar-refractivity contribution in [3.05, 3.63) is 131 Å². The monoisotopic (exact) mass is 520 g/mol. The second-order valence-electron chi connectivity index (χ2n) is 10.1. The summed E-state index contributed by atoms with van der Waals surface area (Å²) in [5.41, 5.74) is 5.55. The van der Waals surface area contributed by atoms with Crippen molar-refractivity contribution < 1.29 is 14.3 Å². The third-order valence-corrected chi connectivity index (χ3v) is 6.96. The molecule has 0 heterocycles. The first-order valence-electron chi connectivity index (χ1n) is 13.3. The summed E-state index contributed by atoms with van der Waals surface area (Å²) in [4.78, 5) is 29.7. The van der Waals surface area contributed by atoms with Gasteiger partial charge in [-0.2, -0.15) is 0 Å². The highest BCUT2D eigenvalue weighted by Crippen LogP contribution is 2.29. The summed E-state index contributed by atoms with van der Waals surface area (Å²) in [6, 6.07) is 32.0. The third-order valence-electron chi connectivity index (χ3n) is 6.96. The lowest BCUT2D eigenvalue weighted by atomic mass is 9.96. The van der Waals surface area contributed by atoms with Crippen LogP contribution in [-0.4, -0.2) is 23.8 Å². The molecule has 0 radical (unpaired) electrons. The Bertz CT molecular complexity index is 1380. The van der Waals surface area contributed by atoms with Crippen LogP contribution in [0.3, 0.4) is 0 Å². The minimum atomic E-state index is -0.830. The number of hydrogen-bond donors (Lipinski definition) is 1. The molecule has 4 aromatic rings. The van der Waals surface area contributed by atoms with E-state index in [0.29, 0.717) is 23.9 Å². The molecule has 5 nitrogen and oxygen atoms in total. The maximum absolute atomic E-state index is 14.0. The largest absolute Gasteiger partial charge is 0.497 e. The summed E-state index contributed by atoms with van der Waals surface area (Å²) in [5, 5.41) is 3.04. The van der Waals surface area contributed by atoms with Crippen molar-refractivity contribution in [1.29, 1.82) is 0 Å². The van der Waals surface area contributed by atoms with Crippen LogP contribution in [0, 0.1) is 6.92 Å². The van der Waals surface area contributed by atoms with Gasteiger partial charge >= 0.3 is 0 Å². The molecule has 200 valence electrons. The van der Waals surface area contributed by atoms with Gasteiger partial charge in [0, 0.05) is 12.2 Å². The van der Waals surface area contributed by atoms with Gasteiger partial charge in [0.15, 0.2) is 0 Å². The molecule has 0 aliphatic carbocycles. The van der Waals surface area contributed by atoms with Gasteiger partial charge in [0.2, 0.25) is 5.91 Å². The highest BCUT2D eigenvalue weighted by atomic mass is 16.5. The number of amides is 2. The van der Waals surface area contributed by atoms with Crippen LogP contribution < -0.4 is 10.1 Å². The van der Waals surface area contributed by atoms with Gasteiger partial charge in [-0.1, -0.05) is 92.7 Å². The van der Waals surface area contributed by atoms with E-state index in [1.807, 2.05) is 85.8 Å². The zero-order chi connectivity index (χ0) is 27.8. The van der Waals surface area contributed by atoms with E-state index in [4.69, 9.17) is 4.74 Å². The first-order valence-corrected chi connectivity index (χ1v) is 13.3. The molecule has 0 aliphatic heterocycles. The van der Waals surface area contributed by atoms with E-state index in [1.54, 1.807) is 36.3 Å². The van der Waals surface area contributed by atoms with Crippen LogP contribution in [0.25, 0.3) is 0 Å². The molecule has 4 rings (SSSR count). The minimum absolute atomic E-state index is 0.118. The number of carbonyl (C=O) groups excluding carboxylic acids is 2. The molecule has 0 saturated heterocycles. The summed E-state index contributed by atoms with van der Waals surface area (Å²) < 4.78 is 5.26. The van der Waals surface area contributed by atoms with Crippen LogP contribution in [0.5, 0.6) is 5.75 Å². The van der Waals surface area contributed by atoms with Crippen LogP contribution in [0.15, 0.2) is 103 Å². The second-order valence-corrected chi connectivity index (χ2v) is 10.1. The maximum atomic E-state index is 14.0. The molecule has 0 aromatic heterocycles. The number of carbonyl (C=O) groups is 2. The highest BCUT2D eigenvalue weighted by Gasteiger charge is 2.32. The zero-order valence-corrected chi connectivity index (χ0v) is 23.1. The van der Waals surface area contributed by atoms with Crippen molar-refractivity contribution in [3.8, 4) is 5.75 Å². The van der Waals surface area contributed by atoms with Gasteiger partial charge in [0.05, 0.1) is 13.5 Å². The van der Waals surface area contributed by atoms with Gasteiger partial charge in [-0.25, -0.2) is 0 Å². The lowest BCUT2D eigenvalue weighted by molar-refractivity contribution is -0.139. The summed E-state index contributed by atoms with van der Waals surface area (Å²) in [5.74, 6) is 0.668. The van der Waals surface area contributed by atoms with Gasteiger partial charge < -0.3 is 15.0 Å². The number of ether oxygens (including phenoxy) is 1. The normalized spacial score (nSPS) is 11.6. The molecule has 0 saturated carbocycles. The quantitative estimate of drug-likeness (QED) is 0.243. The number of aryl methyl sites for hydroxylation is 1. The number of benzene rings is 4. The van der Waals surface area contributed by atoms with Crippen molar-refractivity contribution in [2.45, 2.75) is 45.7 Å². The predicted octanol–water partition coefficient (Wildman–Crippen LogP) is 7.08. The van der Waals surface area contributed by atoms with Crippen LogP contribution in [-0.2, 0) is 22.6 Å². The number of methoxy groups -OCH3 is 1. The molecular formula is C34H36N2O3. The summed E-state index contributed by atoms with van der Waals surface area (Å²) in [7, 11) is 1.60. The SMILES string of the molecule is COc1ccc(NC(=O)C(c2ccc(C(C)C)cc2)N(Cc2ccccc2C)C(=O)Cc2ccccc2)cc1. The minimum Gasteiger partial charge on any atom is -0.497 e. The maximum Gasteiger partial charge on any atom is 0.251 e. The van der Waals surface area contributed by atoms with E-state index in [9.17, 15) is 9.59 Å². The molecule has 1 N–H and O–H groups in total. The standard InChI is InChI=1S/C34H36N2O3/c1-24(2)27-14-16-28(17-15-27)33(34(38)35-30-18-20-31(39-4)21-19-30)36(23-29-13-9-8-10-25(29)3)32(37)22-26-11-6-5-7-12-26/h5-21,24,33H,22-23H2,1-4H3,(H,35,38). The summed E-state index contributed by atoms with van der Waals surface area (Å²) in [6.45, 7) is 6.61. The Morgan fingerprint density at radius 2 is 1.41 bits per heavy atom. The number of rotatable bonds is 10. The third kappa shape index (κ3) is 7.14. The fourth-order valence-electron chi connectivity index (χ4n) is 4.59. The van der Waals surface area contributed by atoms with Gasteiger partial charge in [0.25, 0.3) is 5.91 Å². The van der Waals surface area contributed by atoms with Gasteiger partial charge in [-0.15, -0.1) is 0 Å². The van der Waals surface area contributed by atoms with Crippen LogP contribution >= 0.6 is 0 Å². The Labute approximate surface area is 231 Å². The van der Waals surface area contributed by atoms with E-state index in [0.717, 1.165) is 22.3 Å². The lowest BCUT2D eigenvalue weighted by Crippen LogP contribution is -2.41.